The van der Waals surface area contributed by atoms with Crippen molar-refractivity contribution in [2.45, 2.75) is 32.9 Å². The van der Waals surface area contributed by atoms with Gasteiger partial charge in [-0.15, -0.1) is 35.3 Å². The highest BCUT2D eigenvalue weighted by Gasteiger charge is 2.24. The van der Waals surface area contributed by atoms with Gasteiger partial charge in [0, 0.05) is 55.2 Å². The molecular weight excluding hydrogens is 525 g/mol. The van der Waals surface area contributed by atoms with Crippen LogP contribution < -0.4 is 15.4 Å². The summed E-state index contributed by atoms with van der Waals surface area (Å²) in [6.45, 7) is 9.86. The first-order valence-electron chi connectivity index (χ1n) is 10.6. The van der Waals surface area contributed by atoms with Crippen LogP contribution in [0.25, 0.3) is 0 Å². The van der Waals surface area contributed by atoms with Gasteiger partial charge in [-0.25, -0.2) is 4.98 Å². The molecule has 3 rings (SSSR count). The molecule has 172 valence electrons. The summed E-state index contributed by atoms with van der Waals surface area (Å²) >= 11 is 1.86. The Morgan fingerprint density at radius 3 is 2.68 bits per heavy atom. The van der Waals surface area contributed by atoms with Crippen molar-refractivity contribution in [3.8, 4) is 5.88 Å². The lowest BCUT2D eigenvalue weighted by atomic mass is 10.2. The fourth-order valence-electron chi connectivity index (χ4n) is 3.34. The van der Waals surface area contributed by atoms with Crippen molar-refractivity contribution >= 4 is 41.3 Å². The predicted octanol–water partition coefficient (Wildman–Crippen LogP) is 3.60. The zero-order chi connectivity index (χ0) is 21.2. The highest BCUT2D eigenvalue weighted by Crippen LogP contribution is 2.27. The van der Waals surface area contributed by atoms with E-state index in [1.54, 1.807) is 7.05 Å². The van der Waals surface area contributed by atoms with Crippen LogP contribution in [0, 0.1) is 6.92 Å². The molecule has 2 N–H and O–H groups in total. The third-order valence-corrected chi connectivity index (χ3v) is 6.08. The summed E-state index contributed by atoms with van der Waals surface area (Å²) in [4.78, 5) is 14.0. The quantitative estimate of drug-likeness (QED) is 0.278. The summed E-state index contributed by atoms with van der Waals surface area (Å²) in [5, 5.41) is 6.88. The van der Waals surface area contributed by atoms with Crippen molar-refractivity contribution in [3.63, 3.8) is 0 Å². The third-order valence-electron chi connectivity index (χ3n) is 4.97. The van der Waals surface area contributed by atoms with Gasteiger partial charge in [0.2, 0.25) is 5.88 Å². The summed E-state index contributed by atoms with van der Waals surface area (Å²) in [5.41, 5.74) is 1.08. The number of aryl methyl sites for hydroxylation is 1. The molecule has 1 aliphatic rings. The maximum atomic E-state index is 5.55. The number of halogens is 1. The molecule has 0 aliphatic carbocycles. The van der Waals surface area contributed by atoms with E-state index in [9.17, 15) is 0 Å². The van der Waals surface area contributed by atoms with E-state index < -0.39 is 0 Å². The number of hydrogen-bond acceptors (Lipinski definition) is 6. The zero-order valence-corrected chi connectivity index (χ0v) is 21.7. The Bertz CT molecular complexity index is 793. The fourth-order valence-corrected chi connectivity index (χ4v) is 4.35. The van der Waals surface area contributed by atoms with Crippen LogP contribution >= 0.6 is 35.3 Å². The van der Waals surface area contributed by atoms with Gasteiger partial charge in [0.1, 0.15) is 0 Å². The summed E-state index contributed by atoms with van der Waals surface area (Å²) < 4.78 is 11.1. The van der Waals surface area contributed by atoms with E-state index in [-0.39, 0.29) is 24.0 Å². The van der Waals surface area contributed by atoms with E-state index in [2.05, 4.69) is 51.5 Å². The Hall–Kier alpha value is -1.43. The minimum absolute atomic E-state index is 0. The largest absolute Gasteiger partial charge is 0.478 e. The third kappa shape index (κ3) is 8.21. The van der Waals surface area contributed by atoms with Crippen molar-refractivity contribution in [1.82, 2.24) is 20.5 Å². The second kappa shape index (κ2) is 13.9. The molecule has 0 aromatic carbocycles. The van der Waals surface area contributed by atoms with E-state index in [1.165, 1.54) is 9.75 Å². The lowest BCUT2D eigenvalue weighted by Gasteiger charge is -2.34. The molecule has 1 unspecified atom stereocenters. The predicted molar refractivity (Wildman–Crippen MR) is 138 cm³/mol. The number of hydrogen-bond donors (Lipinski definition) is 2. The first-order chi connectivity index (χ1) is 14.7. The molecule has 0 saturated carbocycles. The van der Waals surface area contributed by atoms with E-state index >= 15 is 0 Å². The highest BCUT2D eigenvalue weighted by molar-refractivity contribution is 14.0. The number of nitrogens with one attached hydrogen (secondary N) is 2. The van der Waals surface area contributed by atoms with Crippen LogP contribution in [0.1, 0.15) is 34.7 Å². The topological polar surface area (TPSA) is 71.0 Å². The molecule has 0 bridgehead atoms. The number of aliphatic imine (C=N–C) groups is 1. The van der Waals surface area contributed by atoms with Crippen molar-refractivity contribution in [2.75, 3.05) is 46.5 Å². The molecule has 2 aromatic heterocycles. The molecule has 0 spiro atoms. The van der Waals surface area contributed by atoms with Crippen molar-refractivity contribution in [2.24, 2.45) is 4.99 Å². The van der Waals surface area contributed by atoms with Gasteiger partial charge in [-0.1, -0.05) is 13.0 Å². The van der Waals surface area contributed by atoms with Crippen LogP contribution in [0.5, 0.6) is 5.88 Å². The van der Waals surface area contributed by atoms with E-state index in [0.29, 0.717) is 25.1 Å². The Balaban J connectivity index is 0.00000341. The minimum atomic E-state index is 0. The standard InChI is InChI=1S/C22H33N5O2S.HI/c1-4-11-29-21-8-6-18(14-24-21)15-25-22(23-3)26-16-19(20-7-5-17(2)30-20)27-9-12-28-13-10-27;/h5-8,14,19H,4,9-13,15-16H2,1-3H3,(H2,23,25,26);1H. The number of ether oxygens (including phenoxy) is 2. The fraction of sp³-hybridized carbons (Fsp3) is 0.545. The molecule has 1 saturated heterocycles. The Morgan fingerprint density at radius 2 is 2.06 bits per heavy atom. The second-order valence-electron chi connectivity index (χ2n) is 7.27. The van der Waals surface area contributed by atoms with Crippen LogP contribution in [0.2, 0.25) is 0 Å². The Morgan fingerprint density at radius 1 is 1.26 bits per heavy atom. The lowest BCUT2D eigenvalue weighted by molar-refractivity contribution is 0.0177. The van der Waals surface area contributed by atoms with Gasteiger partial charge in [-0.3, -0.25) is 9.89 Å². The summed E-state index contributed by atoms with van der Waals surface area (Å²) in [6, 6.07) is 8.69. The summed E-state index contributed by atoms with van der Waals surface area (Å²) in [6.07, 6.45) is 2.82. The van der Waals surface area contributed by atoms with Crippen LogP contribution in [0.15, 0.2) is 35.5 Å². The molecular formula is C22H34IN5O2S. The molecule has 2 aromatic rings. The number of rotatable bonds is 9. The number of guanidine groups is 1. The van der Waals surface area contributed by atoms with Crippen LogP contribution in [0.4, 0.5) is 0 Å². The monoisotopic (exact) mass is 559 g/mol. The SMILES string of the molecule is CCCOc1ccc(CNC(=NC)NCC(c2ccc(C)s2)N2CCOCC2)cn1.I. The van der Waals surface area contributed by atoms with Gasteiger partial charge in [-0.05, 0) is 31.0 Å². The highest BCUT2D eigenvalue weighted by atomic mass is 127. The maximum absolute atomic E-state index is 5.55. The Kier molecular flexibility index (Phi) is 11.6. The van der Waals surface area contributed by atoms with Gasteiger partial charge in [0.05, 0.1) is 25.9 Å². The van der Waals surface area contributed by atoms with Crippen molar-refractivity contribution < 1.29 is 9.47 Å². The molecule has 0 amide bonds. The average Bonchev–Trinajstić information content (AvgIpc) is 3.22. The molecule has 7 nitrogen and oxygen atoms in total. The Labute approximate surface area is 206 Å². The normalized spacial score (nSPS) is 15.8. The summed E-state index contributed by atoms with van der Waals surface area (Å²) in [5.74, 6) is 1.45. The number of aromatic nitrogens is 1. The van der Waals surface area contributed by atoms with Gasteiger partial charge < -0.3 is 20.1 Å². The van der Waals surface area contributed by atoms with Crippen LogP contribution in [-0.2, 0) is 11.3 Å². The first kappa shape index (κ1) is 25.8. The van der Waals surface area contributed by atoms with Gasteiger partial charge in [0.25, 0.3) is 0 Å². The van der Waals surface area contributed by atoms with Crippen molar-refractivity contribution in [3.05, 3.63) is 45.8 Å². The molecule has 31 heavy (non-hydrogen) atoms. The van der Waals surface area contributed by atoms with Gasteiger partial charge >= 0.3 is 0 Å². The molecule has 3 heterocycles. The van der Waals surface area contributed by atoms with Crippen molar-refractivity contribution in [1.29, 1.82) is 0 Å². The average molecular weight is 560 g/mol. The number of pyridine rings is 1. The molecule has 0 radical (unpaired) electrons. The molecule has 1 atom stereocenters. The first-order valence-corrected chi connectivity index (χ1v) is 11.4. The number of morpholine rings is 1. The van der Waals surface area contributed by atoms with E-state index in [0.717, 1.165) is 50.8 Å². The molecule has 9 heteroatoms. The second-order valence-corrected chi connectivity index (χ2v) is 8.59. The lowest BCUT2D eigenvalue weighted by Crippen LogP contribution is -2.46. The minimum Gasteiger partial charge on any atom is -0.478 e. The van der Waals surface area contributed by atoms with Crippen LogP contribution in [-0.4, -0.2) is 62.3 Å². The zero-order valence-electron chi connectivity index (χ0n) is 18.6. The molecule has 1 fully saturated rings. The van der Waals surface area contributed by atoms with E-state index in [4.69, 9.17) is 9.47 Å². The van der Waals surface area contributed by atoms with Gasteiger partial charge in [0.15, 0.2) is 5.96 Å². The maximum Gasteiger partial charge on any atom is 0.213 e. The van der Waals surface area contributed by atoms with Crippen LogP contribution in [0.3, 0.4) is 0 Å². The molecule has 1 aliphatic heterocycles. The van der Waals surface area contributed by atoms with Gasteiger partial charge in [-0.2, -0.15) is 0 Å². The summed E-state index contributed by atoms with van der Waals surface area (Å²) in [7, 11) is 1.80. The number of thiophene rings is 1. The number of nitrogens with zero attached hydrogens (tertiary/aromatic N) is 3. The van der Waals surface area contributed by atoms with E-state index in [1.807, 2.05) is 29.7 Å². The smallest absolute Gasteiger partial charge is 0.213 e.